The first-order chi connectivity index (χ1) is 10.3. The molecule has 0 N–H and O–H groups in total. The molecular weight excluding hydrogens is 276 g/mol. The summed E-state index contributed by atoms with van der Waals surface area (Å²) in [4.78, 5) is 5.37. The molecule has 3 heteroatoms. The summed E-state index contributed by atoms with van der Waals surface area (Å²) in [5, 5.41) is 9.39. The maximum absolute atomic E-state index is 9.39. The molecule has 0 atom stereocenters. The van der Waals surface area contributed by atoms with Gasteiger partial charge in [-0.05, 0) is 5.56 Å². The first-order valence-corrected chi connectivity index (χ1v) is 7.06. The molecule has 0 aromatic heterocycles. The van der Waals surface area contributed by atoms with E-state index in [9.17, 15) is 5.26 Å². The zero-order valence-electron chi connectivity index (χ0n) is 11.3. The predicted octanol–water partition coefficient (Wildman–Crippen LogP) is 4.18. The van der Waals surface area contributed by atoms with Crippen LogP contribution < -0.4 is 0 Å². The molecule has 0 radical (unpaired) electrons. The normalized spacial score (nSPS) is 14.6. The van der Waals surface area contributed by atoms with Gasteiger partial charge >= 0.3 is 0 Å². The Kier molecular flexibility index (Phi) is 3.72. The molecule has 1 heterocycles. The Morgan fingerprint density at radius 1 is 0.905 bits per heavy atom. The fourth-order valence-corrected chi connectivity index (χ4v) is 2.60. The van der Waals surface area contributed by atoms with Crippen molar-refractivity contribution in [2.24, 2.45) is 4.99 Å². The molecule has 2 aromatic rings. The third-order valence-electron chi connectivity index (χ3n) is 3.36. The molecule has 0 spiro atoms. The minimum absolute atomic E-state index is 0.510. The van der Waals surface area contributed by atoms with Gasteiger partial charge in [-0.15, -0.1) is 0 Å². The molecule has 0 fully saturated rings. The Labute approximate surface area is 129 Å². The summed E-state index contributed by atoms with van der Waals surface area (Å²) in [6, 6.07) is 21.9. The number of rotatable bonds is 2. The summed E-state index contributed by atoms with van der Waals surface area (Å²) in [7, 11) is 0. The highest BCUT2D eigenvalue weighted by Gasteiger charge is 2.21. The lowest BCUT2D eigenvalue weighted by Gasteiger charge is -2.17. The third kappa shape index (κ3) is 2.67. The zero-order chi connectivity index (χ0) is 14.7. The fraction of sp³-hybridized carbons (Fsp3) is 0.0556. The van der Waals surface area contributed by atoms with E-state index in [4.69, 9.17) is 17.2 Å². The van der Waals surface area contributed by atoms with Crippen molar-refractivity contribution >= 4 is 28.5 Å². The van der Waals surface area contributed by atoms with Crippen LogP contribution in [0, 0.1) is 11.3 Å². The summed E-state index contributed by atoms with van der Waals surface area (Å²) >= 11 is 5.42. The minimum Gasteiger partial charge on any atom is -0.250 e. The van der Waals surface area contributed by atoms with Crippen molar-refractivity contribution < 1.29 is 0 Å². The van der Waals surface area contributed by atoms with Crippen LogP contribution in [0.2, 0.25) is 0 Å². The summed E-state index contributed by atoms with van der Waals surface area (Å²) in [5.41, 5.74) is 4.07. The number of nitrogens with zero attached hydrogens (tertiary/aromatic N) is 2. The lowest BCUT2D eigenvalue weighted by Crippen LogP contribution is -2.15. The first-order valence-electron chi connectivity index (χ1n) is 6.65. The Bertz CT molecular complexity index is 781. The molecule has 0 amide bonds. The van der Waals surface area contributed by atoms with Gasteiger partial charge in [0.2, 0.25) is 0 Å². The number of nitriles is 1. The van der Waals surface area contributed by atoms with Crippen molar-refractivity contribution in [1.29, 1.82) is 5.26 Å². The Hall–Kier alpha value is -2.57. The molecule has 0 unspecified atom stereocenters. The van der Waals surface area contributed by atoms with Crippen LogP contribution in [0.1, 0.15) is 17.5 Å². The van der Waals surface area contributed by atoms with E-state index >= 15 is 0 Å². The number of benzene rings is 2. The second-order valence-corrected chi connectivity index (χ2v) is 5.22. The smallest absolute Gasteiger partial charge is 0.103 e. The number of hydrogen-bond donors (Lipinski definition) is 0. The lowest BCUT2D eigenvalue weighted by molar-refractivity contribution is 1.37. The van der Waals surface area contributed by atoms with Crippen LogP contribution in [0.5, 0.6) is 0 Å². The van der Waals surface area contributed by atoms with Crippen LogP contribution >= 0.6 is 12.2 Å². The molecule has 1 aliphatic rings. The van der Waals surface area contributed by atoms with Crippen molar-refractivity contribution in [1.82, 2.24) is 0 Å². The maximum atomic E-state index is 9.39. The van der Waals surface area contributed by atoms with E-state index in [-0.39, 0.29) is 0 Å². The Morgan fingerprint density at radius 2 is 1.48 bits per heavy atom. The highest BCUT2D eigenvalue weighted by Crippen LogP contribution is 2.28. The SMILES string of the molecule is N#CC1=C(c2ccccc2)N=C(c2ccccc2)CC1=S. The van der Waals surface area contributed by atoms with Crippen LogP contribution in [0.25, 0.3) is 5.70 Å². The third-order valence-corrected chi connectivity index (χ3v) is 3.70. The molecule has 0 aliphatic carbocycles. The van der Waals surface area contributed by atoms with Crippen LogP contribution in [-0.2, 0) is 0 Å². The molecular formula is C18H12N2S. The predicted molar refractivity (Wildman–Crippen MR) is 89.2 cm³/mol. The van der Waals surface area contributed by atoms with E-state index < -0.39 is 0 Å². The van der Waals surface area contributed by atoms with E-state index in [1.165, 1.54) is 0 Å². The minimum atomic E-state index is 0.510. The summed E-state index contributed by atoms with van der Waals surface area (Å²) in [5.74, 6) is 0. The number of hydrogen-bond acceptors (Lipinski definition) is 3. The summed E-state index contributed by atoms with van der Waals surface area (Å²) in [6.45, 7) is 0. The van der Waals surface area contributed by atoms with Gasteiger partial charge in [-0.25, -0.2) is 0 Å². The van der Waals surface area contributed by atoms with E-state index in [1.54, 1.807) is 0 Å². The average Bonchev–Trinajstić information content (AvgIpc) is 2.55. The Morgan fingerprint density at radius 3 is 2.05 bits per heavy atom. The van der Waals surface area contributed by atoms with E-state index in [0.717, 1.165) is 16.8 Å². The van der Waals surface area contributed by atoms with Gasteiger partial charge in [0.15, 0.2) is 0 Å². The van der Waals surface area contributed by atoms with Crippen LogP contribution in [-0.4, -0.2) is 10.6 Å². The van der Waals surface area contributed by atoms with E-state index in [0.29, 0.717) is 22.6 Å². The van der Waals surface area contributed by atoms with Crippen LogP contribution in [0.3, 0.4) is 0 Å². The number of allylic oxidation sites excluding steroid dienone is 1. The maximum Gasteiger partial charge on any atom is 0.103 e. The topological polar surface area (TPSA) is 36.1 Å². The largest absolute Gasteiger partial charge is 0.250 e. The standard InChI is InChI=1S/C18H12N2S/c19-12-15-17(21)11-16(13-7-3-1-4-8-13)20-18(15)14-9-5-2-6-10-14/h1-10H,11H2. The van der Waals surface area contributed by atoms with Crippen molar-refractivity contribution in [2.75, 3.05) is 0 Å². The average molecular weight is 288 g/mol. The van der Waals surface area contributed by atoms with E-state index in [2.05, 4.69) is 6.07 Å². The van der Waals surface area contributed by atoms with Crippen molar-refractivity contribution in [2.45, 2.75) is 6.42 Å². The van der Waals surface area contributed by atoms with Gasteiger partial charge in [0, 0.05) is 16.8 Å². The van der Waals surface area contributed by atoms with Crippen molar-refractivity contribution in [3.63, 3.8) is 0 Å². The molecule has 2 aromatic carbocycles. The highest BCUT2D eigenvalue weighted by atomic mass is 32.1. The van der Waals surface area contributed by atoms with Gasteiger partial charge in [0.25, 0.3) is 0 Å². The molecule has 0 bridgehead atoms. The summed E-state index contributed by atoms with van der Waals surface area (Å²) < 4.78 is 0. The van der Waals surface area contributed by atoms with Gasteiger partial charge in [0.05, 0.1) is 17.0 Å². The Balaban J connectivity index is 2.16. The molecule has 0 saturated carbocycles. The van der Waals surface area contributed by atoms with Crippen molar-refractivity contribution in [3.05, 3.63) is 77.4 Å². The van der Waals surface area contributed by atoms with Crippen LogP contribution in [0.15, 0.2) is 71.2 Å². The zero-order valence-corrected chi connectivity index (χ0v) is 12.1. The quantitative estimate of drug-likeness (QED) is 0.777. The van der Waals surface area contributed by atoms with Gasteiger partial charge in [-0.1, -0.05) is 72.9 Å². The number of thiocarbonyl (C=S) groups is 1. The molecule has 0 saturated heterocycles. The number of aliphatic imine (C=N–C) groups is 1. The van der Waals surface area contributed by atoms with Gasteiger partial charge < -0.3 is 0 Å². The summed E-state index contributed by atoms with van der Waals surface area (Å²) in [6.07, 6.45) is 0.540. The second-order valence-electron chi connectivity index (χ2n) is 4.73. The lowest BCUT2D eigenvalue weighted by atomic mass is 9.95. The van der Waals surface area contributed by atoms with E-state index in [1.807, 2.05) is 60.7 Å². The van der Waals surface area contributed by atoms with Gasteiger partial charge in [-0.2, -0.15) is 5.26 Å². The molecule has 1 aliphatic heterocycles. The second kappa shape index (κ2) is 5.82. The molecule has 2 nitrogen and oxygen atoms in total. The van der Waals surface area contributed by atoms with Crippen molar-refractivity contribution in [3.8, 4) is 6.07 Å². The first kappa shape index (κ1) is 13.4. The highest BCUT2D eigenvalue weighted by molar-refractivity contribution is 7.81. The molecule has 21 heavy (non-hydrogen) atoms. The van der Waals surface area contributed by atoms with Crippen LogP contribution in [0.4, 0.5) is 0 Å². The van der Waals surface area contributed by atoms with Gasteiger partial charge in [-0.3, -0.25) is 4.99 Å². The fourth-order valence-electron chi connectivity index (χ4n) is 2.32. The molecule has 3 rings (SSSR count). The van der Waals surface area contributed by atoms with Gasteiger partial charge in [0.1, 0.15) is 6.07 Å². The monoisotopic (exact) mass is 288 g/mol. The molecule has 100 valence electrons.